The first-order chi connectivity index (χ1) is 22.0. The van der Waals surface area contributed by atoms with Crippen LogP contribution in [0.3, 0.4) is 0 Å². The normalized spacial score (nSPS) is 18.0. The number of rotatable bonds is 7. The lowest BCUT2D eigenvalue weighted by Gasteiger charge is -2.28. The summed E-state index contributed by atoms with van der Waals surface area (Å²) in [5, 5.41) is 14.2. The minimum atomic E-state index is -1.21. The number of carbonyl (C=O) groups excluding carboxylic acids is 1. The summed E-state index contributed by atoms with van der Waals surface area (Å²) < 4.78 is 0. The van der Waals surface area contributed by atoms with Crippen molar-refractivity contribution < 1.29 is 14.7 Å². The van der Waals surface area contributed by atoms with Gasteiger partial charge in [0.15, 0.2) is 0 Å². The topological polar surface area (TPSA) is 114 Å². The van der Waals surface area contributed by atoms with Crippen LogP contribution in [-0.4, -0.2) is 75.6 Å². The Kier molecular flexibility index (Phi) is 8.92. The number of nitrogens with zero attached hydrogens (tertiary/aromatic N) is 4. The van der Waals surface area contributed by atoms with E-state index in [1.54, 1.807) is 23.7 Å². The zero-order valence-electron chi connectivity index (χ0n) is 27.4. The number of carbonyl (C=O) groups is 2. The molecule has 9 nitrogen and oxygen atoms in total. The largest absolute Gasteiger partial charge is 0.463 e. The number of H-pyrrole nitrogens is 1. The van der Waals surface area contributed by atoms with Gasteiger partial charge in [-0.1, -0.05) is 24.1 Å². The summed E-state index contributed by atoms with van der Waals surface area (Å²) in [6, 6.07) is 12.8. The summed E-state index contributed by atoms with van der Waals surface area (Å²) >= 11 is 1.66. The molecule has 5 heterocycles. The third-order valence-corrected chi connectivity index (χ3v) is 10.9. The number of aryl methyl sites for hydroxylation is 2. The van der Waals surface area contributed by atoms with Crippen molar-refractivity contribution in [2.75, 3.05) is 32.7 Å². The number of pyridine rings is 1. The Balaban J connectivity index is 1.31. The first-order valence-electron chi connectivity index (χ1n) is 16.3. The van der Waals surface area contributed by atoms with Crippen molar-refractivity contribution >= 4 is 39.5 Å². The molecular weight excluding hydrogens is 597 g/mol. The lowest BCUT2D eigenvalue weighted by atomic mass is 9.88. The van der Waals surface area contributed by atoms with Crippen LogP contribution < -0.4 is 5.32 Å². The standard InChI is InChI=1S/C36H44N6O3S/c1-22-16-23(2)18-27(17-22)31-30(28-19-29(46-32(28)39-31)36(4,5)33(43)41-13-6-7-14-41)24(3)20-38-34(40-35(44)45)42-15-10-26(21-42)25-8-11-37-12-9-25/h8-9,11-12,16-19,24,26,39H,6-7,10,13-15,20-21H2,1-5H3,(H,38,40)(H,44,45)/t24-,26?/m0/s1. The van der Waals surface area contributed by atoms with Gasteiger partial charge in [-0.3, -0.25) is 9.78 Å². The molecule has 2 amide bonds. The fraction of sp³-hybridized carbons (Fsp3) is 0.444. The van der Waals surface area contributed by atoms with Crippen LogP contribution in [0.5, 0.6) is 0 Å². The predicted molar refractivity (Wildman–Crippen MR) is 185 cm³/mol. The number of hydrogen-bond acceptors (Lipinski definition) is 4. The van der Waals surface area contributed by atoms with Gasteiger partial charge in [-0.25, -0.2) is 4.79 Å². The van der Waals surface area contributed by atoms with Gasteiger partial charge >= 0.3 is 6.09 Å². The number of likely N-dealkylation sites (tertiary alicyclic amines) is 2. The Labute approximate surface area is 274 Å². The highest BCUT2D eigenvalue weighted by Crippen LogP contribution is 2.43. The van der Waals surface area contributed by atoms with E-state index >= 15 is 0 Å². The number of hydrogen-bond donors (Lipinski definition) is 3. The third-order valence-electron chi connectivity index (χ3n) is 9.51. The predicted octanol–water partition coefficient (Wildman–Crippen LogP) is 7.02. The van der Waals surface area contributed by atoms with Gasteiger partial charge < -0.3 is 25.2 Å². The van der Waals surface area contributed by atoms with Crippen LogP contribution in [0.1, 0.15) is 79.0 Å². The molecule has 3 N–H and O–H groups in total. The van der Waals surface area contributed by atoms with Crippen LogP contribution in [0.25, 0.3) is 21.5 Å². The molecule has 0 spiro atoms. The highest BCUT2D eigenvalue weighted by molar-refractivity contribution is 7.19. The Morgan fingerprint density at radius 2 is 1.78 bits per heavy atom. The number of guanidine groups is 1. The number of thiophene rings is 1. The maximum Gasteiger partial charge on any atom is 0.434 e. The van der Waals surface area contributed by atoms with E-state index in [0.29, 0.717) is 19.0 Å². The number of aliphatic imine (C=N–C) groups is 1. The molecule has 3 aromatic heterocycles. The van der Waals surface area contributed by atoms with Crippen LogP contribution in [0.4, 0.5) is 4.79 Å². The van der Waals surface area contributed by atoms with Gasteiger partial charge in [-0.15, -0.1) is 16.3 Å². The van der Waals surface area contributed by atoms with Crippen LogP contribution in [0.15, 0.2) is 53.8 Å². The molecule has 10 heteroatoms. The second kappa shape index (κ2) is 12.9. The maximum absolute atomic E-state index is 13.6. The number of amides is 2. The Hall–Kier alpha value is -4.18. The van der Waals surface area contributed by atoms with Crippen LogP contribution in [0.2, 0.25) is 0 Å². The molecule has 242 valence electrons. The van der Waals surface area contributed by atoms with E-state index in [1.807, 2.05) is 35.8 Å². The Bertz CT molecular complexity index is 1750. The maximum atomic E-state index is 13.6. The minimum Gasteiger partial charge on any atom is -0.463 e. The Morgan fingerprint density at radius 3 is 2.46 bits per heavy atom. The molecule has 4 aromatic rings. The molecule has 2 aliphatic rings. The molecule has 2 aliphatic heterocycles. The first kappa shape index (κ1) is 31.8. The average Bonchev–Trinajstić information content (AvgIpc) is 3.83. The number of carboxylic acid groups (broad SMARTS) is 1. The molecule has 1 aromatic carbocycles. The third kappa shape index (κ3) is 6.40. The quantitative estimate of drug-likeness (QED) is 0.148. The van der Waals surface area contributed by atoms with E-state index in [1.165, 1.54) is 16.7 Å². The summed E-state index contributed by atoms with van der Waals surface area (Å²) in [6.45, 7) is 14.0. The van der Waals surface area contributed by atoms with Crippen LogP contribution in [-0.2, 0) is 10.2 Å². The van der Waals surface area contributed by atoms with E-state index in [-0.39, 0.29) is 17.7 Å². The molecular formula is C36H44N6O3S. The van der Waals surface area contributed by atoms with E-state index in [9.17, 15) is 14.7 Å². The first-order valence-corrected chi connectivity index (χ1v) is 17.1. The fourth-order valence-electron chi connectivity index (χ4n) is 7.11. The minimum absolute atomic E-state index is 0.00186. The lowest BCUT2D eigenvalue weighted by molar-refractivity contribution is -0.135. The molecule has 46 heavy (non-hydrogen) atoms. The SMILES string of the molecule is Cc1cc(C)cc(-c2[nH]c3sc(C(C)(C)C(=O)N4CCCC4)cc3c2[C@@H](C)CNC(=NC(=O)O)N2CCC(c3ccncc3)C2)c1. The van der Waals surface area contributed by atoms with Gasteiger partial charge in [-0.2, -0.15) is 0 Å². The second-order valence-corrected chi connectivity index (χ2v) is 14.5. The van der Waals surface area contributed by atoms with Crippen molar-refractivity contribution in [3.8, 4) is 11.3 Å². The van der Waals surface area contributed by atoms with Gasteiger partial charge in [0, 0.05) is 67.2 Å². The lowest BCUT2D eigenvalue weighted by Crippen LogP contribution is -2.42. The summed E-state index contributed by atoms with van der Waals surface area (Å²) in [4.78, 5) is 43.4. The number of nitrogens with one attached hydrogen (secondary N) is 2. The summed E-state index contributed by atoms with van der Waals surface area (Å²) in [6.07, 6.45) is 5.43. The second-order valence-electron chi connectivity index (χ2n) is 13.5. The van der Waals surface area contributed by atoms with Crippen LogP contribution >= 0.6 is 11.3 Å². The molecule has 2 fully saturated rings. The van der Waals surface area contributed by atoms with Crippen molar-refractivity contribution in [2.24, 2.45) is 4.99 Å². The average molecular weight is 641 g/mol. The molecule has 2 saturated heterocycles. The smallest absolute Gasteiger partial charge is 0.434 e. The zero-order chi connectivity index (χ0) is 32.6. The number of fused-ring (bicyclic) bond motifs is 1. The monoisotopic (exact) mass is 640 g/mol. The van der Waals surface area contributed by atoms with Crippen LogP contribution in [0, 0.1) is 13.8 Å². The number of aromatic nitrogens is 2. The van der Waals surface area contributed by atoms with Gasteiger partial charge in [0.1, 0.15) is 4.83 Å². The van der Waals surface area contributed by atoms with Crippen molar-refractivity contribution in [1.82, 2.24) is 25.1 Å². The molecule has 1 unspecified atom stereocenters. The molecule has 2 atom stereocenters. The summed E-state index contributed by atoms with van der Waals surface area (Å²) in [7, 11) is 0. The van der Waals surface area contributed by atoms with E-state index in [4.69, 9.17) is 0 Å². The highest BCUT2D eigenvalue weighted by atomic mass is 32.1. The number of aromatic amines is 1. The van der Waals surface area contributed by atoms with Crippen molar-refractivity contribution in [3.05, 3.63) is 75.9 Å². The van der Waals surface area contributed by atoms with Crippen molar-refractivity contribution in [2.45, 2.75) is 71.1 Å². The molecule has 0 saturated carbocycles. The zero-order valence-corrected chi connectivity index (χ0v) is 28.2. The summed E-state index contributed by atoms with van der Waals surface area (Å²) in [5.74, 6) is 0.864. The fourth-order valence-corrected chi connectivity index (χ4v) is 8.28. The van der Waals surface area contributed by atoms with Crippen molar-refractivity contribution in [1.29, 1.82) is 0 Å². The molecule has 0 radical (unpaired) electrons. The van der Waals surface area contributed by atoms with E-state index in [0.717, 1.165) is 70.8 Å². The van der Waals surface area contributed by atoms with Gasteiger partial charge in [0.2, 0.25) is 11.9 Å². The van der Waals surface area contributed by atoms with E-state index in [2.05, 4.69) is 65.3 Å². The summed E-state index contributed by atoms with van der Waals surface area (Å²) in [5.41, 5.74) is 6.30. The van der Waals surface area contributed by atoms with Gasteiger partial charge in [-0.05, 0) is 94.0 Å². The van der Waals surface area contributed by atoms with Gasteiger partial charge in [0.25, 0.3) is 0 Å². The molecule has 0 aliphatic carbocycles. The van der Waals surface area contributed by atoms with Crippen molar-refractivity contribution in [3.63, 3.8) is 0 Å². The Morgan fingerprint density at radius 1 is 1.09 bits per heavy atom. The van der Waals surface area contributed by atoms with Gasteiger partial charge in [0.05, 0.1) is 11.1 Å². The molecule has 0 bridgehead atoms. The van der Waals surface area contributed by atoms with E-state index < -0.39 is 11.5 Å². The number of benzene rings is 1. The molecule has 6 rings (SSSR count). The highest BCUT2D eigenvalue weighted by Gasteiger charge is 2.37.